The lowest BCUT2D eigenvalue weighted by Crippen LogP contribution is -2.51. The Labute approximate surface area is 148 Å². The molecule has 4 rings (SSSR count). The number of carbonyl (C=O) groups excluding carboxylic acids is 2. The molecule has 0 radical (unpaired) electrons. The lowest BCUT2D eigenvalue weighted by molar-refractivity contribution is -0.333. The minimum atomic E-state index is -2.44. The monoisotopic (exact) mass is 359 g/mol. The van der Waals surface area contributed by atoms with E-state index in [1.165, 1.54) is 17.5 Å². The summed E-state index contributed by atoms with van der Waals surface area (Å²) in [6, 6.07) is 4.49. The second kappa shape index (κ2) is 7.32. The number of aliphatic hydroxyl groups excluding tert-OH is 2. The Balaban J connectivity index is 0.000000172. The van der Waals surface area contributed by atoms with Crippen LogP contribution >= 0.6 is 0 Å². The molecular weight excluding hydrogens is 342 g/mol. The number of rotatable bonds is 3. The lowest BCUT2D eigenvalue weighted by atomic mass is 9.98. The minimum absolute atomic E-state index is 0.695. The van der Waals surface area contributed by atoms with Crippen molar-refractivity contribution in [1.82, 2.24) is 15.3 Å². The van der Waals surface area contributed by atoms with Gasteiger partial charge in [-0.05, 0) is 41.5 Å². The van der Waals surface area contributed by atoms with Gasteiger partial charge in [0.2, 0.25) is 0 Å². The Kier molecular flexibility index (Phi) is 5.12. The number of piperidine rings is 1. The van der Waals surface area contributed by atoms with E-state index in [0.29, 0.717) is 11.8 Å². The zero-order valence-electron chi connectivity index (χ0n) is 13.7. The first-order chi connectivity index (χ1) is 12.4. The second-order valence-electron chi connectivity index (χ2n) is 6.34. The summed E-state index contributed by atoms with van der Waals surface area (Å²) in [7, 11) is 0. The van der Waals surface area contributed by atoms with Crippen LogP contribution in [0.25, 0.3) is 11.0 Å². The zero-order chi connectivity index (χ0) is 18.8. The van der Waals surface area contributed by atoms with Gasteiger partial charge >= 0.3 is 0 Å². The van der Waals surface area contributed by atoms with E-state index in [0.717, 1.165) is 24.1 Å². The van der Waals surface area contributed by atoms with Crippen molar-refractivity contribution >= 4 is 23.0 Å². The fourth-order valence-corrected chi connectivity index (χ4v) is 3.42. The Hall–Kier alpha value is -2.62. The van der Waals surface area contributed by atoms with Crippen molar-refractivity contribution < 1.29 is 30.0 Å². The molecule has 0 saturated carbocycles. The molecule has 1 fully saturated rings. The van der Waals surface area contributed by atoms with Crippen molar-refractivity contribution in [2.24, 2.45) is 0 Å². The summed E-state index contributed by atoms with van der Waals surface area (Å²) in [5.74, 6) is -2.73. The maximum Gasteiger partial charge on any atom is 0.124 e. The van der Waals surface area contributed by atoms with E-state index in [-0.39, 0.29) is 0 Å². The first-order valence-electron chi connectivity index (χ1n) is 8.11. The third kappa shape index (κ3) is 3.50. The molecule has 2 aliphatic rings. The number of carbonyl (C=O) groups is 2. The normalized spacial score (nSPS) is 22.7. The first kappa shape index (κ1) is 18.2. The minimum Gasteiger partial charge on any atom is -0.547 e. The average Bonchev–Trinajstić information content (AvgIpc) is 2.88. The predicted octanol–water partition coefficient (Wildman–Crippen LogP) is -2.99. The number of hydrogen-bond acceptors (Lipinski definition) is 9. The smallest absolute Gasteiger partial charge is 0.124 e. The predicted molar refractivity (Wildman–Crippen MR) is 84.5 cm³/mol. The van der Waals surface area contributed by atoms with Gasteiger partial charge in [-0.2, -0.15) is 0 Å². The van der Waals surface area contributed by atoms with E-state index in [1.807, 2.05) is 0 Å². The number of carboxylic acids is 2. The van der Waals surface area contributed by atoms with Crippen LogP contribution in [0.15, 0.2) is 24.5 Å². The van der Waals surface area contributed by atoms with E-state index in [4.69, 9.17) is 10.2 Å². The largest absolute Gasteiger partial charge is 0.547 e. The second-order valence-corrected chi connectivity index (χ2v) is 6.34. The van der Waals surface area contributed by atoms with Crippen LogP contribution in [0, 0.1) is 0 Å². The van der Waals surface area contributed by atoms with E-state index < -0.39 is 24.1 Å². The molecule has 1 aliphatic carbocycles. The van der Waals surface area contributed by atoms with Gasteiger partial charge in [0.15, 0.2) is 0 Å². The Morgan fingerprint density at radius 1 is 0.962 bits per heavy atom. The van der Waals surface area contributed by atoms with Crippen LogP contribution in [0.4, 0.5) is 0 Å². The molecule has 2 heterocycles. The molecule has 9 nitrogen and oxygen atoms in total. The molecule has 2 aromatic rings. The van der Waals surface area contributed by atoms with Gasteiger partial charge in [0, 0.05) is 25.5 Å². The summed E-state index contributed by atoms with van der Waals surface area (Å²) in [5.41, 5.74) is 5.08. The molecule has 138 valence electrons. The van der Waals surface area contributed by atoms with Gasteiger partial charge in [-0.1, -0.05) is 0 Å². The van der Waals surface area contributed by atoms with Gasteiger partial charge < -0.3 is 35.3 Å². The van der Waals surface area contributed by atoms with Crippen molar-refractivity contribution in [2.75, 3.05) is 13.1 Å². The molecule has 1 aliphatic heterocycles. The van der Waals surface area contributed by atoms with Gasteiger partial charge in [0.1, 0.15) is 12.2 Å². The van der Waals surface area contributed by atoms with Crippen LogP contribution in [0.2, 0.25) is 0 Å². The van der Waals surface area contributed by atoms with E-state index >= 15 is 0 Å². The first-order valence-corrected chi connectivity index (χ1v) is 8.11. The molecule has 4 atom stereocenters. The summed E-state index contributed by atoms with van der Waals surface area (Å²) < 4.78 is 0. The highest BCUT2D eigenvalue weighted by Crippen LogP contribution is 2.44. The third-order valence-corrected chi connectivity index (χ3v) is 4.69. The van der Waals surface area contributed by atoms with Crippen LogP contribution < -0.4 is 15.5 Å². The number of fused-ring (bicyclic) bond motifs is 6. The molecule has 26 heavy (non-hydrogen) atoms. The van der Waals surface area contributed by atoms with E-state index in [1.54, 1.807) is 12.4 Å². The molecule has 2 bridgehead atoms. The lowest BCUT2D eigenvalue weighted by Gasteiger charge is -2.19. The fraction of sp³-hybridized carbons (Fsp3) is 0.412. The number of aliphatic hydroxyl groups is 2. The number of nitrogens with zero attached hydrogens (tertiary/aromatic N) is 2. The molecule has 9 heteroatoms. The highest BCUT2D eigenvalue weighted by molar-refractivity contribution is 5.81. The maximum absolute atomic E-state index is 9.63. The van der Waals surface area contributed by atoms with Gasteiger partial charge in [-0.15, -0.1) is 0 Å². The van der Waals surface area contributed by atoms with Gasteiger partial charge in [0.05, 0.1) is 23.0 Å². The van der Waals surface area contributed by atoms with Crippen molar-refractivity contribution in [3.8, 4) is 0 Å². The summed E-state index contributed by atoms with van der Waals surface area (Å²) in [4.78, 5) is 28.0. The van der Waals surface area contributed by atoms with E-state index in [9.17, 15) is 19.8 Å². The standard InChI is InChI=1S/C13H13N3.C4H6O6/c1-2-16-13-5-11-9-3-8(6-14-7-9)10(11)4-12(13)15-1;5-1(3(7)8)2(6)4(9)10/h1-2,4-5,8-9,14H,3,6-7H2;1-2,5-6H,(H,7,8)(H,9,10)/p-2/t;1-,2-/m.1/s1. The van der Waals surface area contributed by atoms with Crippen LogP contribution in [-0.2, 0) is 9.59 Å². The van der Waals surface area contributed by atoms with Crippen LogP contribution in [0.1, 0.15) is 29.4 Å². The summed E-state index contributed by atoms with van der Waals surface area (Å²) in [6.45, 7) is 2.24. The van der Waals surface area contributed by atoms with Gasteiger partial charge in [-0.25, -0.2) is 0 Å². The number of carboxylic acid groups (broad SMARTS) is 2. The van der Waals surface area contributed by atoms with Crippen LogP contribution in [0.5, 0.6) is 0 Å². The molecule has 3 N–H and O–H groups in total. The van der Waals surface area contributed by atoms with Crippen LogP contribution in [0.3, 0.4) is 0 Å². The number of nitrogens with one attached hydrogen (secondary N) is 1. The van der Waals surface area contributed by atoms with Crippen molar-refractivity contribution in [3.05, 3.63) is 35.7 Å². The highest BCUT2D eigenvalue weighted by atomic mass is 16.4. The Bertz CT molecular complexity index is 776. The van der Waals surface area contributed by atoms with Crippen molar-refractivity contribution in [3.63, 3.8) is 0 Å². The molecular formula is C17H17N3O6-2. The Morgan fingerprint density at radius 2 is 1.38 bits per heavy atom. The SMILES string of the molecule is O=C([O-])[C@H](O)[C@@H](O)C(=O)[O-].c1cnc2cc3c(cc2n1)C1CNCC3C1. The zero-order valence-corrected chi connectivity index (χ0v) is 13.7. The topological polar surface area (TPSA) is 159 Å². The molecule has 0 spiro atoms. The Morgan fingerprint density at radius 3 is 1.77 bits per heavy atom. The van der Waals surface area contributed by atoms with Crippen LogP contribution in [-0.4, -0.2) is 57.4 Å². The summed E-state index contributed by atoms with van der Waals surface area (Å²) in [5, 5.41) is 39.2. The maximum atomic E-state index is 9.63. The molecule has 1 saturated heterocycles. The number of aromatic nitrogens is 2. The third-order valence-electron chi connectivity index (χ3n) is 4.69. The van der Waals surface area contributed by atoms with Crippen molar-refractivity contribution in [1.29, 1.82) is 0 Å². The average molecular weight is 359 g/mol. The van der Waals surface area contributed by atoms with Gasteiger partial charge in [0.25, 0.3) is 0 Å². The molecule has 1 aromatic heterocycles. The summed E-state index contributed by atoms with van der Waals surface area (Å²) >= 11 is 0. The highest BCUT2D eigenvalue weighted by Gasteiger charge is 2.34. The number of benzene rings is 1. The van der Waals surface area contributed by atoms with Gasteiger partial charge in [-0.3, -0.25) is 9.97 Å². The molecule has 1 aromatic carbocycles. The quantitative estimate of drug-likeness (QED) is 0.519. The molecule has 2 unspecified atom stereocenters. The van der Waals surface area contributed by atoms with E-state index in [2.05, 4.69) is 27.4 Å². The number of hydrogen-bond donors (Lipinski definition) is 3. The molecule has 0 amide bonds. The number of aliphatic carboxylic acids is 2. The van der Waals surface area contributed by atoms with Crippen molar-refractivity contribution in [2.45, 2.75) is 30.5 Å². The fourth-order valence-electron chi connectivity index (χ4n) is 3.42. The summed E-state index contributed by atoms with van der Waals surface area (Å²) in [6.07, 6.45) is -0.0316.